The van der Waals surface area contributed by atoms with Gasteiger partial charge in [-0.2, -0.15) is 8.78 Å². The molecule has 0 aromatic carbocycles. The highest BCUT2D eigenvalue weighted by Gasteiger charge is 2.31. The minimum Gasteiger partial charge on any atom is -0.356 e. The predicted molar refractivity (Wildman–Crippen MR) is 144 cm³/mol. The molecule has 35 heavy (non-hydrogen) atoms. The van der Waals surface area contributed by atoms with Crippen molar-refractivity contribution < 1.29 is 8.78 Å². The maximum Gasteiger partial charge on any atom is 0.280 e. The van der Waals surface area contributed by atoms with Crippen LogP contribution in [-0.4, -0.2) is 47.2 Å². The average Bonchev–Trinajstić information content (AvgIpc) is 2.86. The lowest BCUT2D eigenvalue weighted by Gasteiger charge is -2.42. The number of aromatic nitrogens is 1. The highest BCUT2D eigenvalue weighted by Crippen LogP contribution is 2.33. The van der Waals surface area contributed by atoms with Crippen molar-refractivity contribution in [3.63, 3.8) is 0 Å². The fourth-order valence-corrected chi connectivity index (χ4v) is 4.34. The molecule has 0 bridgehead atoms. The van der Waals surface area contributed by atoms with Gasteiger partial charge in [-0.1, -0.05) is 34.7 Å². The Morgan fingerprint density at radius 3 is 2.69 bits per heavy atom. The fourth-order valence-electron chi connectivity index (χ4n) is 4.24. The minimum atomic E-state index is -2.95. The molecular formula is C27H34F2N5P. The number of anilines is 1. The first-order valence-corrected chi connectivity index (χ1v) is 12.4. The number of aryl methyl sites for hydroxylation is 1. The van der Waals surface area contributed by atoms with Crippen LogP contribution in [0.1, 0.15) is 39.2 Å². The van der Waals surface area contributed by atoms with Crippen LogP contribution < -0.4 is 10.2 Å². The maximum absolute atomic E-state index is 13.7. The minimum absolute atomic E-state index is 0.0278. The molecule has 1 aromatic heterocycles. The number of hydrogen-bond donors (Lipinski definition) is 1. The molecular weight excluding hydrogens is 463 g/mol. The van der Waals surface area contributed by atoms with E-state index in [1.54, 1.807) is 34.5 Å². The van der Waals surface area contributed by atoms with E-state index in [1.165, 1.54) is 13.0 Å². The zero-order valence-electron chi connectivity index (χ0n) is 20.6. The molecule has 3 rings (SSSR count). The molecule has 2 atom stereocenters. The molecule has 186 valence electrons. The van der Waals surface area contributed by atoms with E-state index in [0.717, 1.165) is 54.9 Å². The standard InChI is InChI=1S/C27H34F2N5P/c1-5-8-21-17-31-26(32-18-21)33-15-12-24(13-16-33)34(25-19-30-14-11-22(25)6-2)23(7-3)10-9-20(4)27(28,29)35/h7,9-11,14,17-19,24,26,31H,3,6,12-13,15-16,35H2,1-2,4H3/b20-9+,23-10+. The lowest BCUT2D eigenvalue weighted by Crippen LogP contribution is -2.51. The van der Waals surface area contributed by atoms with Crippen LogP contribution in [-0.2, 0) is 6.42 Å². The predicted octanol–water partition coefficient (Wildman–Crippen LogP) is 5.26. The van der Waals surface area contributed by atoms with Crippen molar-refractivity contribution >= 4 is 21.1 Å². The molecule has 8 heteroatoms. The molecule has 2 aliphatic rings. The Balaban J connectivity index is 1.85. The Morgan fingerprint density at radius 2 is 2.11 bits per heavy atom. The van der Waals surface area contributed by atoms with Gasteiger partial charge in [0.25, 0.3) is 5.66 Å². The summed E-state index contributed by atoms with van der Waals surface area (Å²) < 4.78 is 27.5. The molecule has 2 unspecified atom stereocenters. The number of nitrogens with one attached hydrogen (secondary N) is 1. The number of likely N-dealkylation sites (tertiary alicyclic amines) is 1. The molecule has 1 fully saturated rings. The SMILES string of the molecule is C=C/C(=C\C=C(/C)C(F)(F)P)N(c1cnccc1CC)C1CCN(C2N=CC(C#CC)=CN2)CC1. The van der Waals surface area contributed by atoms with Gasteiger partial charge in [0.15, 0.2) is 6.29 Å². The Morgan fingerprint density at radius 1 is 1.37 bits per heavy atom. The Labute approximate surface area is 210 Å². The van der Waals surface area contributed by atoms with Crippen LogP contribution >= 0.6 is 9.24 Å². The van der Waals surface area contributed by atoms with Gasteiger partial charge >= 0.3 is 0 Å². The maximum atomic E-state index is 13.7. The molecule has 0 aliphatic carbocycles. The summed E-state index contributed by atoms with van der Waals surface area (Å²) in [5, 5.41) is 3.33. The van der Waals surface area contributed by atoms with Crippen LogP contribution in [0, 0.1) is 11.8 Å². The number of pyridine rings is 1. The number of hydrogen-bond acceptors (Lipinski definition) is 5. The van der Waals surface area contributed by atoms with Gasteiger partial charge < -0.3 is 10.2 Å². The lowest BCUT2D eigenvalue weighted by molar-refractivity contribution is 0.142. The van der Waals surface area contributed by atoms with Gasteiger partial charge in [0, 0.05) is 43.4 Å². The van der Waals surface area contributed by atoms with Gasteiger partial charge in [-0.3, -0.25) is 14.9 Å². The third-order valence-electron chi connectivity index (χ3n) is 6.27. The second-order valence-electron chi connectivity index (χ2n) is 8.56. The van der Waals surface area contributed by atoms with Crippen molar-refractivity contribution in [2.45, 2.75) is 58.0 Å². The average molecular weight is 498 g/mol. The summed E-state index contributed by atoms with van der Waals surface area (Å²) in [6.45, 7) is 11.0. The summed E-state index contributed by atoms with van der Waals surface area (Å²) in [5.74, 6) is 5.89. The molecule has 2 aliphatic heterocycles. The molecule has 0 radical (unpaired) electrons. The van der Waals surface area contributed by atoms with Gasteiger partial charge in [0.2, 0.25) is 0 Å². The van der Waals surface area contributed by atoms with E-state index in [-0.39, 0.29) is 17.9 Å². The molecule has 0 saturated carbocycles. The zero-order valence-corrected chi connectivity index (χ0v) is 21.8. The monoisotopic (exact) mass is 497 g/mol. The van der Waals surface area contributed by atoms with E-state index in [1.807, 2.05) is 24.7 Å². The van der Waals surface area contributed by atoms with Gasteiger partial charge in [-0.05, 0) is 62.5 Å². The summed E-state index contributed by atoms with van der Waals surface area (Å²) in [6, 6.07) is 2.18. The summed E-state index contributed by atoms with van der Waals surface area (Å²) in [6.07, 6.45) is 14.8. The van der Waals surface area contributed by atoms with Crippen molar-refractivity contribution in [2.24, 2.45) is 4.99 Å². The molecule has 5 nitrogen and oxygen atoms in total. The van der Waals surface area contributed by atoms with E-state index in [9.17, 15) is 8.78 Å². The summed E-state index contributed by atoms with van der Waals surface area (Å²) in [7, 11) is 1.59. The third kappa shape index (κ3) is 6.87. The van der Waals surface area contributed by atoms with Crippen LogP contribution in [0.5, 0.6) is 0 Å². The van der Waals surface area contributed by atoms with Crippen molar-refractivity contribution in [1.82, 2.24) is 15.2 Å². The second-order valence-corrected chi connectivity index (χ2v) is 9.28. The van der Waals surface area contributed by atoms with E-state index >= 15 is 0 Å². The van der Waals surface area contributed by atoms with Crippen LogP contribution in [0.2, 0.25) is 0 Å². The Kier molecular flexibility index (Phi) is 9.37. The van der Waals surface area contributed by atoms with Crippen molar-refractivity contribution in [3.8, 4) is 11.8 Å². The lowest BCUT2D eigenvalue weighted by atomic mass is 9.99. The fraction of sp³-hybridized carbons (Fsp3) is 0.407. The smallest absolute Gasteiger partial charge is 0.280 e. The largest absolute Gasteiger partial charge is 0.356 e. The Bertz CT molecular complexity index is 1080. The summed E-state index contributed by atoms with van der Waals surface area (Å²) >= 11 is 0. The van der Waals surface area contributed by atoms with E-state index < -0.39 is 5.66 Å². The topological polar surface area (TPSA) is 43.8 Å². The number of halogens is 2. The highest BCUT2D eigenvalue weighted by atomic mass is 31.0. The van der Waals surface area contributed by atoms with Crippen LogP contribution in [0.15, 0.2) is 71.3 Å². The number of alkyl halides is 2. The first-order valence-electron chi connectivity index (χ1n) is 11.8. The molecule has 1 aromatic rings. The van der Waals surface area contributed by atoms with Crippen LogP contribution in [0.3, 0.4) is 0 Å². The number of rotatable bonds is 8. The first kappa shape index (κ1) is 26.8. The van der Waals surface area contributed by atoms with Gasteiger partial charge in [0.1, 0.15) is 0 Å². The van der Waals surface area contributed by atoms with E-state index in [4.69, 9.17) is 0 Å². The molecule has 0 amide bonds. The van der Waals surface area contributed by atoms with Gasteiger partial charge in [0.05, 0.1) is 17.5 Å². The normalized spacial score (nSPS) is 19.9. The number of aliphatic imine (C=N–C) groups is 1. The molecule has 1 N–H and O–H groups in total. The van der Waals surface area contributed by atoms with Crippen molar-refractivity contribution in [3.05, 3.63) is 71.9 Å². The third-order valence-corrected chi connectivity index (χ3v) is 6.72. The van der Waals surface area contributed by atoms with Gasteiger partial charge in [-0.25, -0.2) is 0 Å². The van der Waals surface area contributed by atoms with Crippen LogP contribution in [0.4, 0.5) is 14.5 Å². The summed E-state index contributed by atoms with van der Waals surface area (Å²) in [5.41, 5.74) is 0.808. The zero-order chi connectivity index (χ0) is 25.4. The molecule has 3 heterocycles. The van der Waals surface area contributed by atoms with Crippen molar-refractivity contribution in [2.75, 3.05) is 18.0 Å². The van der Waals surface area contributed by atoms with Crippen molar-refractivity contribution in [1.29, 1.82) is 0 Å². The van der Waals surface area contributed by atoms with E-state index in [2.05, 4.69) is 50.4 Å². The van der Waals surface area contributed by atoms with Crippen LogP contribution in [0.25, 0.3) is 0 Å². The first-order chi connectivity index (χ1) is 16.8. The quantitative estimate of drug-likeness (QED) is 0.302. The number of allylic oxidation sites excluding steroid dienone is 5. The Hall–Kier alpha value is -2.81. The second kappa shape index (κ2) is 12.2. The number of nitrogens with zero attached hydrogens (tertiary/aromatic N) is 4. The number of piperidine rings is 1. The van der Waals surface area contributed by atoms with E-state index in [0.29, 0.717) is 0 Å². The molecule has 1 saturated heterocycles. The van der Waals surface area contributed by atoms with Gasteiger partial charge in [-0.15, -0.1) is 5.92 Å². The summed E-state index contributed by atoms with van der Waals surface area (Å²) in [4.78, 5) is 13.5. The molecule has 0 spiro atoms. The highest BCUT2D eigenvalue weighted by molar-refractivity contribution is 7.18.